The lowest BCUT2D eigenvalue weighted by Crippen LogP contribution is -2.49. The van der Waals surface area contributed by atoms with Crippen molar-refractivity contribution in [3.8, 4) is 0 Å². The molecule has 4 rings (SSSR count). The smallest absolute Gasteiger partial charge is 0.270 e. The SMILES string of the molecule is CC(=O)N1CC(Cc2cc(C(=O)NC[C@H](O)CN3CCc4ccc(C)cc4C3)ncn2)C1. The monoisotopic (exact) mass is 437 g/mol. The number of nitrogens with one attached hydrogen (secondary N) is 1. The summed E-state index contributed by atoms with van der Waals surface area (Å²) < 4.78 is 0. The molecule has 32 heavy (non-hydrogen) atoms. The van der Waals surface area contributed by atoms with Crippen LogP contribution in [-0.2, 0) is 24.2 Å². The summed E-state index contributed by atoms with van der Waals surface area (Å²) in [4.78, 5) is 36.2. The van der Waals surface area contributed by atoms with Gasteiger partial charge in [-0.15, -0.1) is 0 Å². The molecule has 0 unspecified atom stereocenters. The van der Waals surface area contributed by atoms with Crippen molar-refractivity contribution in [3.05, 3.63) is 58.7 Å². The Bertz CT molecular complexity index is 989. The highest BCUT2D eigenvalue weighted by atomic mass is 16.3. The third kappa shape index (κ3) is 5.49. The molecule has 2 aromatic rings. The number of nitrogens with zero attached hydrogens (tertiary/aromatic N) is 4. The van der Waals surface area contributed by atoms with Crippen LogP contribution in [0.15, 0.2) is 30.6 Å². The lowest BCUT2D eigenvalue weighted by atomic mass is 9.94. The molecule has 2 aliphatic heterocycles. The van der Waals surface area contributed by atoms with E-state index in [1.165, 1.54) is 23.0 Å². The molecule has 8 nitrogen and oxygen atoms in total. The zero-order valence-electron chi connectivity index (χ0n) is 18.8. The number of hydrogen-bond donors (Lipinski definition) is 2. The molecule has 8 heteroatoms. The van der Waals surface area contributed by atoms with Crippen molar-refractivity contribution in [1.82, 2.24) is 25.1 Å². The van der Waals surface area contributed by atoms with Crippen molar-refractivity contribution in [2.45, 2.75) is 39.3 Å². The Labute approximate surface area is 188 Å². The molecule has 1 atom stereocenters. The summed E-state index contributed by atoms with van der Waals surface area (Å²) in [6, 6.07) is 8.25. The largest absolute Gasteiger partial charge is 0.390 e. The summed E-state index contributed by atoms with van der Waals surface area (Å²) in [5.41, 5.74) is 5.04. The standard InChI is InChI=1S/C24H31N5O3/c1-16-3-4-19-5-6-28(13-20(19)7-16)14-22(31)10-25-24(32)23-9-21(26-15-27-23)8-18-11-29(12-18)17(2)30/h3-4,7,9,15,18,22,31H,5-6,8,10-14H2,1-2H3,(H,25,32)/t22-/m0/s1. The molecule has 3 heterocycles. The fourth-order valence-corrected chi connectivity index (χ4v) is 4.45. The molecule has 1 fully saturated rings. The normalized spacial score (nSPS) is 17.4. The molecule has 2 amide bonds. The number of aromatic nitrogens is 2. The molecular weight excluding hydrogens is 406 g/mol. The summed E-state index contributed by atoms with van der Waals surface area (Å²) in [7, 11) is 0. The second-order valence-corrected chi connectivity index (χ2v) is 9.01. The number of carbonyl (C=O) groups excluding carboxylic acids is 2. The molecule has 0 bridgehead atoms. The summed E-state index contributed by atoms with van der Waals surface area (Å²) in [6.45, 7) is 7.53. The van der Waals surface area contributed by atoms with Crippen LogP contribution < -0.4 is 5.32 Å². The van der Waals surface area contributed by atoms with Gasteiger partial charge < -0.3 is 15.3 Å². The minimum atomic E-state index is -0.654. The van der Waals surface area contributed by atoms with Crippen LogP contribution in [-0.4, -0.2) is 75.5 Å². The zero-order chi connectivity index (χ0) is 22.7. The molecule has 0 aliphatic carbocycles. The molecule has 0 spiro atoms. The molecular formula is C24H31N5O3. The maximum absolute atomic E-state index is 12.5. The number of aryl methyl sites for hydroxylation is 1. The minimum absolute atomic E-state index is 0.0893. The van der Waals surface area contributed by atoms with E-state index >= 15 is 0 Å². The number of β-amino-alcohol motifs (C(OH)–C–C–N with tert-alkyl or cyclic N) is 1. The Morgan fingerprint density at radius 3 is 2.81 bits per heavy atom. The van der Waals surface area contributed by atoms with Gasteiger partial charge in [-0.25, -0.2) is 9.97 Å². The first kappa shape index (κ1) is 22.4. The van der Waals surface area contributed by atoms with E-state index in [1.54, 1.807) is 17.9 Å². The van der Waals surface area contributed by atoms with Gasteiger partial charge in [-0.2, -0.15) is 0 Å². The van der Waals surface area contributed by atoms with Gasteiger partial charge in [0.15, 0.2) is 0 Å². The molecule has 0 saturated carbocycles. The van der Waals surface area contributed by atoms with Gasteiger partial charge >= 0.3 is 0 Å². The van der Waals surface area contributed by atoms with Gasteiger partial charge in [-0.3, -0.25) is 14.5 Å². The van der Waals surface area contributed by atoms with E-state index in [4.69, 9.17) is 0 Å². The molecule has 1 aromatic heterocycles. The Morgan fingerprint density at radius 2 is 2.03 bits per heavy atom. The van der Waals surface area contributed by atoms with E-state index < -0.39 is 6.10 Å². The molecule has 1 saturated heterocycles. The summed E-state index contributed by atoms with van der Waals surface area (Å²) in [5, 5.41) is 13.2. The topological polar surface area (TPSA) is 98.7 Å². The van der Waals surface area contributed by atoms with Crippen molar-refractivity contribution < 1.29 is 14.7 Å². The van der Waals surface area contributed by atoms with E-state index in [-0.39, 0.29) is 18.4 Å². The van der Waals surface area contributed by atoms with Crippen LogP contribution in [0.1, 0.15) is 39.8 Å². The maximum Gasteiger partial charge on any atom is 0.270 e. The number of aliphatic hydroxyl groups excluding tert-OH is 1. The Kier molecular flexibility index (Phi) is 6.81. The van der Waals surface area contributed by atoms with Crippen LogP contribution in [0.3, 0.4) is 0 Å². The second-order valence-electron chi connectivity index (χ2n) is 9.01. The third-order valence-electron chi connectivity index (χ3n) is 6.28. The summed E-state index contributed by atoms with van der Waals surface area (Å²) in [6.07, 6.45) is 2.43. The molecule has 170 valence electrons. The highest BCUT2D eigenvalue weighted by Crippen LogP contribution is 2.21. The predicted molar refractivity (Wildman–Crippen MR) is 120 cm³/mol. The second kappa shape index (κ2) is 9.75. The van der Waals surface area contributed by atoms with E-state index in [0.29, 0.717) is 24.6 Å². The lowest BCUT2D eigenvalue weighted by Gasteiger charge is -2.38. The Morgan fingerprint density at radius 1 is 1.22 bits per heavy atom. The minimum Gasteiger partial charge on any atom is -0.390 e. The van der Waals surface area contributed by atoms with Crippen molar-refractivity contribution in [1.29, 1.82) is 0 Å². The average Bonchev–Trinajstić information content (AvgIpc) is 2.74. The number of benzene rings is 1. The molecule has 2 aliphatic rings. The van der Waals surface area contributed by atoms with Gasteiger partial charge in [-0.1, -0.05) is 23.8 Å². The first-order valence-electron chi connectivity index (χ1n) is 11.2. The van der Waals surface area contributed by atoms with E-state index in [2.05, 4.69) is 45.3 Å². The van der Waals surface area contributed by atoms with Crippen LogP contribution >= 0.6 is 0 Å². The van der Waals surface area contributed by atoms with Gasteiger partial charge in [-0.05, 0) is 42.9 Å². The van der Waals surface area contributed by atoms with E-state index in [0.717, 1.165) is 38.3 Å². The van der Waals surface area contributed by atoms with Crippen LogP contribution in [0.25, 0.3) is 0 Å². The summed E-state index contributed by atoms with van der Waals surface area (Å²) in [5.74, 6) is 0.141. The number of carbonyl (C=O) groups is 2. The van der Waals surface area contributed by atoms with Gasteiger partial charge in [0.1, 0.15) is 12.0 Å². The molecule has 0 radical (unpaired) electrons. The number of likely N-dealkylation sites (tertiary alicyclic amines) is 1. The first-order chi connectivity index (χ1) is 15.4. The van der Waals surface area contributed by atoms with Crippen LogP contribution in [0.5, 0.6) is 0 Å². The van der Waals surface area contributed by atoms with Crippen molar-refractivity contribution in [2.75, 3.05) is 32.7 Å². The number of rotatable bonds is 7. The van der Waals surface area contributed by atoms with E-state index in [1.807, 2.05) is 0 Å². The zero-order valence-corrected chi connectivity index (χ0v) is 18.8. The van der Waals surface area contributed by atoms with Gasteiger partial charge in [0.25, 0.3) is 5.91 Å². The third-order valence-corrected chi connectivity index (χ3v) is 6.28. The maximum atomic E-state index is 12.5. The van der Waals surface area contributed by atoms with Crippen molar-refractivity contribution in [2.24, 2.45) is 5.92 Å². The van der Waals surface area contributed by atoms with E-state index in [9.17, 15) is 14.7 Å². The van der Waals surface area contributed by atoms with Crippen LogP contribution in [0, 0.1) is 12.8 Å². The van der Waals surface area contributed by atoms with Gasteiger partial charge in [0.2, 0.25) is 5.91 Å². The number of aliphatic hydroxyl groups is 1. The number of fused-ring (bicyclic) bond motifs is 1. The first-order valence-corrected chi connectivity index (χ1v) is 11.2. The van der Waals surface area contributed by atoms with Crippen molar-refractivity contribution >= 4 is 11.8 Å². The Balaban J connectivity index is 1.23. The molecule has 2 N–H and O–H groups in total. The number of amides is 2. The average molecular weight is 438 g/mol. The highest BCUT2D eigenvalue weighted by molar-refractivity contribution is 5.92. The van der Waals surface area contributed by atoms with Gasteiger partial charge in [0.05, 0.1) is 6.10 Å². The van der Waals surface area contributed by atoms with Crippen LogP contribution in [0.2, 0.25) is 0 Å². The van der Waals surface area contributed by atoms with Crippen LogP contribution in [0.4, 0.5) is 0 Å². The lowest BCUT2D eigenvalue weighted by molar-refractivity contribution is -0.134. The fourth-order valence-electron chi connectivity index (χ4n) is 4.45. The Hall–Kier alpha value is -2.84. The highest BCUT2D eigenvalue weighted by Gasteiger charge is 2.29. The van der Waals surface area contributed by atoms with Gasteiger partial charge in [0, 0.05) is 51.9 Å². The predicted octanol–water partition coefficient (Wildman–Crippen LogP) is 0.955. The quantitative estimate of drug-likeness (QED) is 0.669. The fraction of sp³-hybridized carbons (Fsp3) is 0.500. The van der Waals surface area contributed by atoms with Crippen molar-refractivity contribution in [3.63, 3.8) is 0 Å². The number of hydrogen-bond acceptors (Lipinski definition) is 6. The summed E-state index contributed by atoms with van der Waals surface area (Å²) >= 11 is 0. The molecule has 1 aromatic carbocycles.